The fourth-order valence-corrected chi connectivity index (χ4v) is 3.86. The Kier molecular flexibility index (Phi) is 5.27. The molecule has 0 saturated carbocycles. The third-order valence-electron chi connectivity index (χ3n) is 5.60. The summed E-state index contributed by atoms with van der Waals surface area (Å²) in [4.78, 5) is 26.0. The van der Waals surface area contributed by atoms with Crippen molar-refractivity contribution in [2.45, 2.75) is 44.9 Å². The minimum Gasteiger partial charge on any atom is -0.325 e. The predicted octanol–water partition coefficient (Wildman–Crippen LogP) is 2.97. The van der Waals surface area contributed by atoms with Gasteiger partial charge in [-0.1, -0.05) is 6.07 Å². The second-order valence-electron chi connectivity index (χ2n) is 7.68. The van der Waals surface area contributed by atoms with Crippen molar-refractivity contribution in [3.8, 4) is 0 Å². The van der Waals surface area contributed by atoms with Gasteiger partial charge in [0.15, 0.2) is 0 Å². The van der Waals surface area contributed by atoms with Crippen LogP contribution in [0.25, 0.3) is 0 Å². The van der Waals surface area contributed by atoms with Gasteiger partial charge in [0.2, 0.25) is 5.91 Å². The first-order valence-electron chi connectivity index (χ1n) is 9.79. The highest BCUT2D eigenvalue weighted by atomic mass is 19.4. The number of benzene rings is 1. The third kappa shape index (κ3) is 4.04. The lowest BCUT2D eigenvalue weighted by atomic mass is 10.0. The molecular weight excluding hydrogens is 399 g/mol. The van der Waals surface area contributed by atoms with Crippen molar-refractivity contribution in [1.82, 2.24) is 14.7 Å². The number of amides is 2. The second kappa shape index (κ2) is 7.75. The van der Waals surface area contributed by atoms with Gasteiger partial charge in [0.25, 0.3) is 5.91 Å². The number of rotatable bonds is 5. The molecule has 4 rings (SSSR count). The normalized spacial score (nSPS) is 18.6. The Hall–Kier alpha value is -2.88. The third-order valence-corrected chi connectivity index (χ3v) is 5.60. The summed E-state index contributed by atoms with van der Waals surface area (Å²) in [5, 5.41) is 9.68. The molecule has 0 radical (unpaired) electrons. The van der Waals surface area contributed by atoms with Crippen LogP contribution >= 0.6 is 0 Å². The van der Waals surface area contributed by atoms with Gasteiger partial charge in [0, 0.05) is 24.5 Å². The lowest BCUT2D eigenvalue weighted by Gasteiger charge is -2.41. The van der Waals surface area contributed by atoms with Crippen LogP contribution in [0.15, 0.2) is 24.4 Å². The number of hydrogen-bond donors (Lipinski definition) is 2. The van der Waals surface area contributed by atoms with Crippen LogP contribution in [0, 0.1) is 6.92 Å². The van der Waals surface area contributed by atoms with E-state index in [0.717, 1.165) is 35.5 Å². The summed E-state index contributed by atoms with van der Waals surface area (Å²) in [5.74, 6) is -0.808. The zero-order valence-electron chi connectivity index (χ0n) is 16.4. The molecule has 160 valence electrons. The Morgan fingerprint density at radius 3 is 2.73 bits per heavy atom. The lowest BCUT2D eigenvalue weighted by Crippen LogP contribution is -2.57. The molecule has 0 spiro atoms. The predicted molar refractivity (Wildman–Crippen MR) is 104 cm³/mol. The Labute approximate surface area is 171 Å². The molecule has 0 aliphatic carbocycles. The van der Waals surface area contributed by atoms with Gasteiger partial charge in [-0.2, -0.15) is 18.3 Å². The number of likely N-dealkylation sites (tertiary alicyclic amines) is 1. The molecular formula is C20H22F3N5O2. The summed E-state index contributed by atoms with van der Waals surface area (Å²) in [6.45, 7) is 2.53. The van der Waals surface area contributed by atoms with Gasteiger partial charge in [0.05, 0.1) is 24.0 Å². The molecule has 2 amide bonds. The van der Waals surface area contributed by atoms with Gasteiger partial charge in [-0.15, -0.1) is 0 Å². The van der Waals surface area contributed by atoms with Crippen LogP contribution in [-0.4, -0.2) is 51.8 Å². The van der Waals surface area contributed by atoms with Gasteiger partial charge < -0.3 is 10.6 Å². The smallest absolute Gasteiger partial charge is 0.325 e. The molecule has 1 aromatic heterocycles. The summed E-state index contributed by atoms with van der Waals surface area (Å²) in [5.41, 5.74) is 3.16. The zero-order valence-corrected chi connectivity index (χ0v) is 16.4. The number of halogens is 3. The van der Waals surface area contributed by atoms with E-state index in [-0.39, 0.29) is 25.4 Å². The lowest BCUT2D eigenvalue weighted by molar-refractivity contribution is -0.209. The Balaban J connectivity index is 1.40. The summed E-state index contributed by atoms with van der Waals surface area (Å²) >= 11 is 0. The number of nitrogens with zero attached hydrogens (tertiary/aromatic N) is 3. The molecule has 7 nitrogen and oxygen atoms in total. The van der Waals surface area contributed by atoms with Crippen LogP contribution in [0.3, 0.4) is 0 Å². The summed E-state index contributed by atoms with van der Waals surface area (Å²) < 4.78 is 40.3. The molecule has 2 aromatic rings. The molecule has 1 fully saturated rings. The van der Waals surface area contributed by atoms with Crippen LogP contribution in [0.5, 0.6) is 0 Å². The van der Waals surface area contributed by atoms with Crippen molar-refractivity contribution in [3.05, 3.63) is 41.2 Å². The Bertz CT molecular complexity index is 985. The quantitative estimate of drug-likeness (QED) is 0.778. The molecule has 2 aliphatic rings. The van der Waals surface area contributed by atoms with Crippen molar-refractivity contribution in [1.29, 1.82) is 0 Å². The van der Waals surface area contributed by atoms with E-state index in [1.165, 1.54) is 0 Å². The van der Waals surface area contributed by atoms with E-state index in [1.54, 1.807) is 24.4 Å². The first-order chi connectivity index (χ1) is 14.2. The molecule has 1 aromatic carbocycles. The van der Waals surface area contributed by atoms with Crippen molar-refractivity contribution in [3.63, 3.8) is 0 Å². The van der Waals surface area contributed by atoms with E-state index in [0.29, 0.717) is 16.9 Å². The highest BCUT2D eigenvalue weighted by molar-refractivity contribution is 6.06. The first kappa shape index (κ1) is 20.4. The van der Waals surface area contributed by atoms with E-state index < -0.39 is 18.1 Å². The molecule has 0 bridgehead atoms. The van der Waals surface area contributed by atoms with E-state index in [9.17, 15) is 22.8 Å². The Morgan fingerprint density at radius 1 is 1.23 bits per heavy atom. The fraction of sp³-hybridized carbons (Fsp3) is 0.450. The monoisotopic (exact) mass is 421 g/mol. The van der Waals surface area contributed by atoms with Crippen molar-refractivity contribution < 1.29 is 22.8 Å². The maximum absolute atomic E-state index is 12.8. The molecule has 30 heavy (non-hydrogen) atoms. The minimum absolute atomic E-state index is 0.00998. The van der Waals surface area contributed by atoms with Gasteiger partial charge in [-0.25, -0.2) is 0 Å². The summed E-state index contributed by atoms with van der Waals surface area (Å²) in [7, 11) is 0. The number of aromatic nitrogens is 2. The van der Waals surface area contributed by atoms with Crippen LogP contribution in [0.4, 0.5) is 24.5 Å². The van der Waals surface area contributed by atoms with E-state index in [1.807, 2.05) is 11.6 Å². The minimum atomic E-state index is -4.33. The van der Waals surface area contributed by atoms with E-state index >= 15 is 0 Å². The van der Waals surface area contributed by atoms with E-state index in [4.69, 9.17) is 0 Å². The maximum Gasteiger partial charge on any atom is 0.404 e. The average Bonchev–Trinajstić information content (AvgIpc) is 3.23. The number of nitrogens with one attached hydrogen (secondary N) is 2. The summed E-state index contributed by atoms with van der Waals surface area (Å²) in [6.07, 6.45) is -1.01. The van der Waals surface area contributed by atoms with Crippen LogP contribution < -0.4 is 10.6 Å². The number of alkyl halides is 3. The van der Waals surface area contributed by atoms with Gasteiger partial charge >= 0.3 is 6.18 Å². The van der Waals surface area contributed by atoms with Crippen molar-refractivity contribution in [2.75, 3.05) is 23.7 Å². The zero-order chi connectivity index (χ0) is 21.5. The van der Waals surface area contributed by atoms with Crippen molar-refractivity contribution >= 4 is 23.2 Å². The second-order valence-corrected chi connectivity index (χ2v) is 7.68. The van der Waals surface area contributed by atoms with Crippen LogP contribution in [0.2, 0.25) is 0 Å². The maximum atomic E-state index is 12.8. The van der Waals surface area contributed by atoms with Gasteiger partial charge in [-0.05, 0) is 43.9 Å². The number of aryl methyl sites for hydroxylation is 2. The van der Waals surface area contributed by atoms with Crippen LogP contribution in [0.1, 0.15) is 34.5 Å². The number of carbonyl (C=O) groups is 2. The standard InChI is InChI=1S/C20H22F3N5O2/c1-12-4-5-13(25-18(29)11-27-8-6-17(27)20(21,22)23)9-15(12)26-19(30)14-10-24-28-7-2-3-16(14)28/h4-5,9-10,17H,2-3,6-8,11H2,1H3,(H,25,29)(H,26,30). The van der Waals surface area contributed by atoms with Crippen LogP contribution in [-0.2, 0) is 17.8 Å². The average molecular weight is 421 g/mol. The molecule has 2 aliphatic heterocycles. The largest absolute Gasteiger partial charge is 0.404 e. The number of carbonyl (C=O) groups excluding carboxylic acids is 2. The summed E-state index contributed by atoms with van der Waals surface area (Å²) in [6, 6.07) is 3.42. The first-order valence-corrected chi connectivity index (χ1v) is 9.79. The highest BCUT2D eigenvalue weighted by Crippen LogP contribution is 2.33. The molecule has 10 heteroatoms. The topological polar surface area (TPSA) is 79.3 Å². The SMILES string of the molecule is Cc1ccc(NC(=O)CN2CCC2C(F)(F)F)cc1NC(=O)c1cnn2c1CCC2. The number of fused-ring (bicyclic) bond motifs is 1. The van der Waals surface area contributed by atoms with Gasteiger partial charge in [-0.3, -0.25) is 19.2 Å². The molecule has 2 N–H and O–H groups in total. The van der Waals surface area contributed by atoms with Gasteiger partial charge in [0.1, 0.15) is 6.04 Å². The molecule has 3 heterocycles. The Morgan fingerprint density at radius 2 is 2.03 bits per heavy atom. The molecule has 1 atom stereocenters. The van der Waals surface area contributed by atoms with E-state index in [2.05, 4.69) is 15.7 Å². The fourth-order valence-electron chi connectivity index (χ4n) is 3.86. The molecule has 1 unspecified atom stereocenters. The number of hydrogen-bond acceptors (Lipinski definition) is 4. The molecule has 1 saturated heterocycles. The van der Waals surface area contributed by atoms with Crippen molar-refractivity contribution in [2.24, 2.45) is 0 Å². The highest BCUT2D eigenvalue weighted by Gasteiger charge is 2.48. The number of anilines is 2.